The van der Waals surface area contributed by atoms with Crippen LogP contribution < -0.4 is 4.74 Å². The van der Waals surface area contributed by atoms with Crippen LogP contribution in [-0.2, 0) is 15.3 Å². The summed E-state index contributed by atoms with van der Waals surface area (Å²) >= 11 is 0. The highest BCUT2D eigenvalue weighted by Gasteiger charge is 2.55. The summed E-state index contributed by atoms with van der Waals surface area (Å²) in [4.78, 5) is 14.5. The summed E-state index contributed by atoms with van der Waals surface area (Å²) in [6, 6.07) is 24.2. The number of para-hydroxylation sites is 1. The lowest BCUT2D eigenvalue weighted by molar-refractivity contribution is -0.140. The fourth-order valence-electron chi connectivity index (χ4n) is 4.34. The Hall–Kier alpha value is -2.85. The minimum Gasteiger partial charge on any atom is -0.491 e. The Balaban J connectivity index is 1.47. The van der Waals surface area contributed by atoms with Gasteiger partial charge in [-0.15, -0.1) is 0 Å². The summed E-state index contributed by atoms with van der Waals surface area (Å²) in [5.74, 6) is 0.976. The number of carbonyl (C=O) groups is 1. The average Bonchev–Trinajstić information content (AvgIpc) is 3.24. The number of nitrogens with zero attached hydrogens (tertiary/aromatic N) is 1. The molecule has 0 N–H and O–H groups in total. The number of hydrogen-bond donors (Lipinski definition) is 0. The normalized spacial score (nSPS) is 24.4. The SMILES string of the molecule is O=C1CC[C@@]2(c3cccc4ccccc34)O[C@@H](COc3ccccc3)CN12. The lowest BCUT2D eigenvalue weighted by Gasteiger charge is -2.32. The molecule has 5 rings (SSSR count). The molecule has 0 spiro atoms. The van der Waals surface area contributed by atoms with Gasteiger partial charge in [-0.1, -0.05) is 60.7 Å². The first-order chi connectivity index (χ1) is 13.3. The summed E-state index contributed by atoms with van der Waals surface area (Å²) in [6.45, 7) is 0.995. The molecule has 3 aromatic rings. The highest BCUT2D eigenvalue weighted by atomic mass is 16.6. The van der Waals surface area contributed by atoms with Crippen molar-refractivity contribution in [3.05, 3.63) is 78.4 Å². The Morgan fingerprint density at radius 2 is 1.78 bits per heavy atom. The predicted molar refractivity (Wildman–Crippen MR) is 103 cm³/mol. The Morgan fingerprint density at radius 3 is 2.67 bits per heavy atom. The van der Waals surface area contributed by atoms with E-state index in [4.69, 9.17) is 9.47 Å². The first kappa shape index (κ1) is 16.3. The van der Waals surface area contributed by atoms with Gasteiger partial charge in [0.1, 0.15) is 18.5 Å². The van der Waals surface area contributed by atoms with Crippen LogP contribution in [0, 0.1) is 0 Å². The molecule has 0 unspecified atom stereocenters. The molecule has 0 aromatic heterocycles. The molecule has 2 saturated heterocycles. The minimum atomic E-state index is -0.678. The van der Waals surface area contributed by atoms with Gasteiger partial charge in [0.15, 0.2) is 5.72 Å². The number of rotatable bonds is 4. The summed E-state index contributed by atoms with van der Waals surface area (Å²) in [7, 11) is 0. The summed E-state index contributed by atoms with van der Waals surface area (Å²) in [5.41, 5.74) is 0.400. The van der Waals surface area contributed by atoms with Crippen molar-refractivity contribution in [2.45, 2.75) is 24.7 Å². The average molecular weight is 359 g/mol. The molecular formula is C23H21NO3. The standard InChI is InChI=1S/C23H21NO3/c25-22-13-14-23(21-12-6-8-17-7-4-5-11-20(17)21)24(22)15-19(27-23)16-26-18-9-2-1-3-10-18/h1-12,19H,13-16H2/t19-,23+/m1/s1. The molecule has 2 aliphatic heterocycles. The van der Waals surface area contributed by atoms with Crippen LogP contribution in [-0.4, -0.2) is 30.1 Å². The molecule has 0 radical (unpaired) electrons. The zero-order valence-electron chi connectivity index (χ0n) is 15.0. The van der Waals surface area contributed by atoms with E-state index in [1.165, 1.54) is 0 Å². The Labute approximate surface area is 158 Å². The van der Waals surface area contributed by atoms with Crippen LogP contribution in [0.4, 0.5) is 0 Å². The van der Waals surface area contributed by atoms with Gasteiger partial charge in [-0.2, -0.15) is 0 Å². The predicted octanol–water partition coefficient (Wildman–Crippen LogP) is 4.09. The molecule has 136 valence electrons. The number of amides is 1. The van der Waals surface area contributed by atoms with E-state index in [0.29, 0.717) is 26.0 Å². The van der Waals surface area contributed by atoms with E-state index in [1.807, 2.05) is 53.4 Å². The van der Waals surface area contributed by atoms with Crippen molar-refractivity contribution in [3.8, 4) is 5.75 Å². The molecule has 3 aromatic carbocycles. The van der Waals surface area contributed by atoms with Gasteiger partial charge >= 0.3 is 0 Å². The van der Waals surface area contributed by atoms with Crippen molar-refractivity contribution >= 4 is 16.7 Å². The van der Waals surface area contributed by atoms with Gasteiger partial charge in [-0.25, -0.2) is 0 Å². The Kier molecular flexibility index (Phi) is 3.87. The van der Waals surface area contributed by atoms with E-state index in [1.54, 1.807) is 0 Å². The molecule has 2 fully saturated rings. The second kappa shape index (κ2) is 6.39. The lowest BCUT2D eigenvalue weighted by Crippen LogP contribution is -2.39. The molecule has 0 bridgehead atoms. The van der Waals surface area contributed by atoms with Crippen LogP contribution in [0.25, 0.3) is 10.8 Å². The summed E-state index contributed by atoms with van der Waals surface area (Å²) < 4.78 is 12.4. The van der Waals surface area contributed by atoms with E-state index in [9.17, 15) is 4.79 Å². The fraction of sp³-hybridized carbons (Fsp3) is 0.261. The van der Waals surface area contributed by atoms with E-state index < -0.39 is 5.72 Å². The lowest BCUT2D eigenvalue weighted by atomic mass is 9.94. The topological polar surface area (TPSA) is 38.8 Å². The maximum Gasteiger partial charge on any atom is 0.225 e. The highest BCUT2D eigenvalue weighted by molar-refractivity contribution is 5.88. The van der Waals surface area contributed by atoms with Gasteiger partial charge < -0.3 is 14.4 Å². The summed E-state index contributed by atoms with van der Waals surface area (Å²) in [5, 5.41) is 2.31. The van der Waals surface area contributed by atoms with E-state index in [2.05, 4.69) is 24.3 Å². The van der Waals surface area contributed by atoms with Crippen LogP contribution in [0.3, 0.4) is 0 Å². The van der Waals surface area contributed by atoms with Crippen molar-refractivity contribution in [2.24, 2.45) is 0 Å². The molecule has 2 heterocycles. The molecule has 0 saturated carbocycles. The zero-order chi connectivity index (χ0) is 18.3. The van der Waals surface area contributed by atoms with Crippen LogP contribution in [0.15, 0.2) is 72.8 Å². The van der Waals surface area contributed by atoms with E-state index in [-0.39, 0.29) is 12.0 Å². The number of benzene rings is 3. The molecule has 0 aliphatic carbocycles. The second-order valence-corrected chi connectivity index (χ2v) is 7.18. The van der Waals surface area contributed by atoms with Crippen LogP contribution in [0.1, 0.15) is 18.4 Å². The monoisotopic (exact) mass is 359 g/mol. The van der Waals surface area contributed by atoms with Gasteiger partial charge in [0, 0.05) is 18.4 Å². The van der Waals surface area contributed by atoms with Crippen molar-refractivity contribution in [1.29, 1.82) is 0 Å². The third kappa shape index (κ3) is 2.68. The number of hydrogen-bond acceptors (Lipinski definition) is 3. The molecular weight excluding hydrogens is 338 g/mol. The van der Waals surface area contributed by atoms with Crippen molar-refractivity contribution in [3.63, 3.8) is 0 Å². The first-order valence-electron chi connectivity index (χ1n) is 9.41. The highest BCUT2D eigenvalue weighted by Crippen LogP contribution is 2.47. The maximum absolute atomic E-state index is 12.6. The fourth-order valence-corrected chi connectivity index (χ4v) is 4.34. The van der Waals surface area contributed by atoms with Gasteiger partial charge in [-0.3, -0.25) is 4.79 Å². The van der Waals surface area contributed by atoms with Gasteiger partial charge in [0.2, 0.25) is 5.91 Å². The van der Waals surface area contributed by atoms with E-state index in [0.717, 1.165) is 22.1 Å². The molecule has 2 atom stereocenters. The molecule has 1 amide bonds. The molecule has 4 nitrogen and oxygen atoms in total. The molecule has 2 aliphatic rings. The number of carbonyl (C=O) groups excluding carboxylic acids is 1. The van der Waals surface area contributed by atoms with Gasteiger partial charge in [0.05, 0.1) is 6.54 Å². The van der Waals surface area contributed by atoms with Crippen molar-refractivity contribution in [2.75, 3.05) is 13.2 Å². The minimum absolute atomic E-state index is 0.145. The van der Waals surface area contributed by atoms with E-state index >= 15 is 0 Å². The van der Waals surface area contributed by atoms with Crippen LogP contribution in [0.2, 0.25) is 0 Å². The number of ether oxygens (including phenoxy) is 2. The molecule has 27 heavy (non-hydrogen) atoms. The Bertz CT molecular complexity index is 982. The number of fused-ring (bicyclic) bond motifs is 2. The third-order valence-corrected chi connectivity index (χ3v) is 5.55. The molecule has 4 heteroatoms. The third-order valence-electron chi connectivity index (χ3n) is 5.55. The first-order valence-corrected chi connectivity index (χ1v) is 9.41. The Morgan fingerprint density at radius 1 is 1.00 bits per heavy atom. The van der Waals surface area contributed by atoms with Gasteiger partial charge in [0.25, 0.3) is 0 Å². The quantitative estimate of drug-likeness (QED) is 0.704. The van der Waals surface area contributed by atoms with Crippen molar-refractivity contribution < 1.29 is 14.3 Å². The van der Waals surface area contributed by atoms with Crippen LogP contribution >= 0.6 is 0 Å². The second-order valence-electron chi connectivity index (χ2n) is 7.18. The smallest absolute Gasteiger partial charge is 0.225 e. The largest absolute Gasteiger partial charge is 0.491 e. The summed E-state index contributed by atoms with van der Waals surface area (Å²) in [6.07, 6.45) is 1.06. The van der Waals surface area contributed by atoms with Crippen LogP contribution in [0.5, 0.6) is 5.75 Å². The van der Waals surface area contributed by atoms with Crippen molar-refractivity contribution in [1.82, 2.24) is 4.90 Å². The maximum atomic E-state index is 12.6. The zero-order valence-corrected chi connectivity index (χ0v) is 15.0. The van der Waals surface area contributed by atoms with Gasteiger partial charge in [-0.05, 0) is 22.9 Å².